The quantitative estimate of drug-likeness (QED) is 0.595. The van der Waals surface area contributed by atoms with Gasteiger partial charge in [-0.2, -0.15) is 0 Å². The molecule has 0 fully saturated rings. The first-order chi connectivity index (χ1) is 5.36. The van der Waals surface area contributed by atoms with Crippen LogP contribution >= 0.6 is 0 Å². The number of hydrogen-bond donors (Lipinski definition) is 1. The van der Waals surface area contributed by atoms with Crippen LogP contribution < -0.4 is 0 Å². The molecule has 58 valence electrons. The molecule has 0 saturated heterocycles. The van der Waals surface area contributed by atoms with Crippen LogP contribution in [0.5, 0.6) is 0 Å². The summed E-state index contributed by atoms with van der Waals surface area (Å²) in [5.41, 5.74) is 2.38. The first kappa shape index (κ1) is 6.80. The maximum absolute atomic E-state index is 9.32. The van der Waals surface area contributed by atoms with Crippen LogP contribution in [-0.4, -0.2) is 16.2 Å². The summed E-state index contributed by atoms with van der Waals surface area (Å²) in [7, 11) is 0. The molecule has 1 N–H and O–H groups in total. The summed E-state index contributed by atoms with van der Waals surface area (Å²) in [5.74, 6) is 0. The van der Waals surface area contributed by atoms with Crippen LogP contribution in [0.1, 0.15) is 17.7 Å². The number of pyridine rings is 1. The topological polar surface area (TPSA) is 33.1 Å². The summed E-state index contributed by atoms with van der Waals surface area (Å²) in [6.07, 6.45) is 4.22. The highest BCUT2D eigenvalue weighted by molar-refractivity contribution is 5.22. The molecule has 2 heteroatoms. The molecular formula is C9H11NO. The van der Waals surface area contributed by atoms with Crippen LogP contribution in [-0.2, 0) is 12.8 Å². The van der Waals surface area contributed by atoms with Gasteiger partial charge in [0.2, 0.25) is 0 Å². The van der Waals surface area contributed by atoms with Crippen LogP contribution in [0.15, 0.2) is 18.3 Å². The van der Waals surface area contributed by atoms with Crippen molar-refractivity contribution in [2.24, 2.45) is 0 Å². The Balaban J connectivity index is 2.34. The second kappa shape index (κ2) is 2.62. The van der Waals surface area contributed by atoms with Gasteiger partial charge in [0.1, 0.15) is 0 Å². The molecule has 11 heavy (non-hydrogen) atoms. The summed E-state index contributed by atoms with van der Waals surface area (Å²) < 4.78 is 0. The molecule has 2 nitrogen and oxygen atoms in total. The Morgan fingerprint density at radius 2 is 2.45 bits per heavy atom. The van der Waals surface area contributed by atoms with E-state index in [1.165, 1.54) is 5.56 Å². The van der Waals surface area contributed by atoms with Crippen LogP contribution in [0.3, 0.4) is 0 Å². The van der Waals surface area contributed by atoms with Crippen molar-refractivity contribution in [3.05, 3.63) is 29.6 Å². The van der Waals surface area contributed by atoms with Gasteiger partial charge in [-0.25, -0.2) is 0 Å². The molecule has 0 bridgehead atoms. The lowest BCUT2D eigenvalue weighted by molar-refractivity contribution is 0.157. The molecule has 2 rings (SSSR count). The highest BCUT2D eigenvalue weighted by atomic mass is 16.3. The Kier molecular flexibility index (Phi) is 1.62. The van der Waals surface area contributed by atoms with Gasteiger partial charge in [0.25, 0.3) is 0 Å². The highest BCUT2D eigenvalue weighted by Gasteiger charge is 2.15. The molecule has 0 aromatic carbocycles. The maximum atomic E-state index is 9.32. The summed E-state index contributed by atoms with van der Waals surface area (Å²) in [6.45, 7) is 0. The minimum atomic E-state index is -0.169. The monoisotopic (exact) mass is 149 g/mol. The first-order valence-electron chi connectivity index (χ1n) is 3.97. The zero-order valence-corrected chi connectivity index (χ0v) is 6.33. The smallest absolute Gasteiger partial charge is 0.0598 e. The molecule has 0 radical (unpaired) electrons. The number of nitrogens with zero attached hydrogens (tertiary/aromatic N) is 1. The Morgan fingerprint density at radius 3 is 3.36 bits per heavy atom. The van der Waals surface area contributed by atoms with E-state index in [2.05, 4.69) is 11.1 Å². The number of aliphatic hydroxyl groups excluding tert-OH is 1. The number of hydrogen-bond acceptors (Lipinski definition) is 2. The summed E-state index contributed by atoms with van der Waals surface area (Å²) in [6, 6.07) is 4.05. The molecule has 1 aliphatic carbocycles. The van der Waals surface area contributed by atoms with Crippen LogP contribution in [0.2, 0.25) is 0 Å². The van der Waals surface area contributed by atoms with Crippen molar-refractivity contribution in [2.45, 2.75) is 25.4 Å². The largest absolute Gasteiger partial charge is 0.393 e. The lowest BCUT2D eigenvalue weighted by Crippen LogP contribution is -2.19. The molecule has 1 aromatic rings. The van der Waals surface area contributed by atoms with Crippen molar-refractivity contribution in [1.82, 2.24) is 4.98 Å². The molecule has 1 unspecified atom stereocenters. The average molecular weight is 149 g/mol. The third kappa shape index (κ3) is 1.26. The molecule has 1 aromatic heterocycles. The van der Waals surface area contributed by atoms with Gasteiger partial charge >= 0.3 is 0 Å². The van der Waals surface area contributed by atoms with E-state index in [0.29, 0.717) is 0 Å². The minimum absolute atomic E-state index is 0.169. The normalized spacial score (nSPS) is 22.8. The minimum Gasteiger partial charge on any atom is -0.393 e. The predicted molar refractivity (Wildman–Crippen MR) is 42.3 cm³/mol. The Hall–Kier alpha value is -0.890. The van der Waals surface area contributed by atoms with Gasteiger partial charge in [0.15, 0.2) is 0 Å². The van der Waals surface area contributed by atoms with Crippen molar-refractivity contribution in [3.8, 4) is 0 Å². The molecule has 1 atom stereocenters. The van der Waals surface area contributed by atoms with Gasteiger partial charge in [-0.15, -0.1) is 0 Å². The van der Waals surface area contributed by atoms with Crippen LogP contribution in [0, 0.1) is 0 Å². The molecule has 0 aliphatic heterocycles. The number of aliphatic hydroxyl groups is 1. The lowest BCUT2D eigenvalue weighted by Gasteiger charge is -2.18. The Labute approximate surface area is 65.9 Å². The predicted octanol–water partition coefficient (Wildman–Crippen LogP) is 0.931. The summed E-state index contributed by atoms with van der Waals surface area (Å²) in [4.78, 5) is 4.21. The van der Waals surface area contributed by atoms with Gasteiger partial charge < -0.3 is 5.11 Å². The number of rotatable bonds is 0. The molecule has 0 amide bonds. The van der Waals surface area contributed by atoms with Crippen molar-refractivity contribution in [2.75, 3.05) is 0 Å². The van der Waals surface area contributed by atoms with E-state index in [9.17, 15) is 5.11 Å². The average Bonchev–Trinajstić information content (AvgIpc) is 2.04. The van der Waals surface area contributed by atoms with Gasteiger partial charge in [-0.3, -0.25) is 4.98 Å². The zero-order valence-electron chi connectivity index (χ0n) is 6.33. The third-order valence-corrected chi connectivity index (χ3v) is 2.16. The van der Waals surface area contributed by atoms with E-state index in [0.717, 1.165) is 25.0 Å². The van der Waals surface area contributed by atoms with Crippen molar-refractivity contribution in [1.29, 1.82) is 0 Å². The van der Waals surface area contributed by atoms with E-state index in [1.807, 2.05) is 6.07 Å². The molecule has 1 heterocycles. The Bertz CT molecular complexity index is 259. The second-order valence-electron chi connectivity index (χ2n) is 3.01. The standard InChI is InChI=1S/C9H11NO/c11-8-4-3-7-2-1-5-10-9(7)6-8/h1-2,5,8,11H,3-4,6H2. The fourth-order valence-corrected chi connectivity index (χ4v) is 1.53. The van der Waals surface area contributed by atoms with E-state index >= 15 is 0 Å². The van der Waals surface area contributed by atoms with Crippen molar-refractivity contribution in [3.63, 3.8) is 0 Å². The van der Waals surface area contributed by atoms with Gasteiger partial charge in [-0.05, 0) is 24.5 Å². The van der Waals surface area contributed by atoms with Gasteiger partial charge in [0.05, 0.1) is 6.10 Å². The van der Waals surface area contributed by atoms with E-state index in [4.69, 9.17) is 0 Å². The number of aromatic nitrogens is 1. The summed E-state index contributed by atoms with van der Waals surface area (Å²) in [5, 5.41) is 9.32. The second-order valence-corrected chi connectivity index (χ2v) is 3.01. The Morgan fingerprint density at radius 1 is 1.55 bits per heavy atom. The van der Waals surface area contributed by atoms with Crippen LogP contribution in [0.4, 0.5) is 0 Å². The fourth-order valence-electron chi connectivity index (χ4n) is 1.53. The molecular weight excluding hydrogens is 138 g/mol. The number of fused-ring (bicyclic) bond motifs is 1. The SMILES string of the molecule is OC1CCc2cccnc2C1. The molecule has 0 saturated carbocycles. The van der Waals surface area contributed by atoms with Crippen molar-refractivity contribution < 1.29 is 5.11 Å². The summed E-state index contributed by atoms with van der Waals surface area (Å²) >= 11 is 0. The van der Waals surface area contributed by atoms with E-state index in [-0.39, 0.29) is 6.10 Å². The van der Waals surface area contributed by atoms with Crippen molar-refractivity contribution >= 4 is 0 Å². The zero-order chi connectivity index (χ0) is 7.68. The third-order valence-electron chi connectivity index (χ3n) is 2.16. The first-order valence-corrected chi connectivity index (χ1v) is 3.97. The van der Waals surface area contributed by atoms with Gasteiger partial charge in [0, 0.05) is 18.3 Å². The number of aryl methyl sites for hydroxylation is 1. The fraction of sp³-hybridized carbons (Fsp3) is 0.444. The lowest BCUT2D eigenvalue weighted by atomic mass is 9.94. The van der Waals surface area contributed by atoms with E-state index < -0.39 is 0 Å². The molecule has 1 aliphatic rings. The van der Waals surface area contributed by atoms with E-state index in [1.54, 1.807) is 6.20 Å². The van der Waals surface area contributed by atoms with Gasteiger partial charge in [-0.1, -0.05) is 6.07 Å². The maximum Gasteiger partial charge on any atom is 0.0598 e. The molecule has 0 spiro atoms. The van der Waals surface area contributed by atoms with Crippen LogP contribution in [0.25, 0.3) is 0 Å². The highest BCUT2D eigenvalue weighted by Crippen LogP contribution is 2.18.